The van der Waals surface area contributed by atoms with Gasteiger partial charge in [-0.25, -0.2) is 0 Å². The van der Waals surface area contributed by atoms with Crippen LogP contribution in [0.1, 0.15) is 27.2 Å². The lowest BCUT2D eigenvalue weighted by Gasteiger charge is -2.37. The molecule has 2 atom stereocenters. The number of hydrogen-bond donors (Lipinski definition) is 1. The highest BCUT2D eigenvalue weighted by Gasteiger charge is 2.38. The van der Waals surface area contributed by atoms with Crippen molar-refractivity contribution in [1.82, 2.24) is 0 Å². The Morgan fingerprint density at radius 1 is 1.40 bits per heavy atom. The second-order valence-electron chi connectivity index (χ2n) is 5.99. The van der Waals surface area contributed by atoms with Crippen molar-refractivity contribution in [3.05, 3.63) is 12.2 Å². The zero-order valence-electron chi connectivity index (χ0n) is 10.6. The van der Waals surface area contributed by atoms with Gasteiger partial charge in [-0.1, -0.05) is 32.9 Å². The summed E-state index contributed by atoms with van der Waals surface area (Å²) in [6.07, 6.45) is 4.58. The fourth-order valence-electron chi connectivity index (χ4n) is 1.39. The fourth-order valence-corrected chi connectivity index (χ4v) is 2.45. The molecule has 1 rings (SSSR count). The molecule has 88 valence electrons. The lowest BCUT2D eigenvalue weighted by molar-refractivity contribution is 0.115. The van der Waals surface area contributed by atoms with Gasteiger partial charge in [0.05, 0.1) is 6.10 Å². The molecule has 0 fully saturated rings. The molecule has 1 aliphatic carbocycles. The van der Waals surface area contributed by atoms with Gasteiger partial charge in [-0.15, -0.1) is 0 Å². The van der Waals surface area contributed by atoms with E-state index in [2.05, 4.69) is 33.9 Å². The highest BCUT2D eigenvalue weighted by Crippen LogP contribution is 2.37. The van der Waals surface area contributed by atoms with Gasteiger partial charge in [0.25, 0.3) is 0 Å². The summed E-state index contributed by atoms with van der Waals surface area (Å²) in [5.74, 6) is 0.277. The van der Waals surface area contributed by atoms with Crippen molar-refractivity contribution in [2.24, 2.45) is 5.92 Å². The van der Waals surface area contributed by atoms with E-state index in [4.69, 9.17) is 4.43 Å². The first kappa shape index (κ1) is 12.9. The maximum atomic E-state index is 9.64. The maximum Gasteiger partial charge on any atom is 0.191 e. The van der Waals surface area contributed by atoms with E-state index < -0.39 is 8.32 Å². The van der Waals surface area contributed by atoms with Gasteiger partial charge in [-0.2, -0.15) is 0 Å². The highest BCUT2D eigenvalue weighted by molar-refractivity contribution is 6.74. The monoisotopic (exact) mass is 228 g/mol. The molecule has 1 N–H and O–H groups in total. The molecule has 0 aromatic heterocycles. The fraction of sp³-hybridized carbons (Fsp3) is 0.833. The Labute approximate surface area is 94.5 Å². The van der Waals surface area contributed by atoms with Crippen LogP contribution in [0.2, 0.25) is 18.1 Å². The minimum Gasteiger partial charge on any atom is -0.416 e. The second kappa shape index (κ2) is 4.40. The molecule has 0 bridgehead atoms. The van der Waals surface area contributed by atoms with Crippen molar-refractivity contribution in [3.63, 3.8) is 0 Å². The third-order valence-electron chi connectivity index (χ3n) is 3.72. The Morgan fingerprint density at radius 2 is 2.00 bits per heavy atom. The van der Waals surface area contributed by atoms with Gasteiger partial charge in [0.2, 0.25) is 0 Å². The summed E-state index contributed by atoms with van der Waals surface area (Å²) in [5.41, 5.74) is 0. The van der Waals surface area contributed by atoms with Crippen LogP contribution in [0, 0.1) is 5.92 Å². The second-order valence-corrected chi connectivity index (χ2v) is 10.8. The van der Waals surface area contributed by atoms with E-state index in [-0.39, 0.29) is 17.1 Å². The Balaban J connectivity index is 2.43. The lowest BCUT2D eigenvalue weighted by atomic mass is 10.1. The van der Waals surface area contributed by atoms with Gasteiger partial charge in [0.1, 0.15) is 0 Å². The number of allylic oxidation sites excluding steroid dienone is 1. The Hall–Kier alpha value is -0.123. The first-order valence-corrected chi connectivity index (χ1v) is 8.63. The number of rotatable bonds is 3. The summed E-state index contributed by atoms with van der Waals surface area (Å²) in [7, 11) is -1.64. The van der Waals surface area contributed by atoms with Crippen molar-refractivity contribution >= 4 is 8.32 Å². The van der Waals surface area contributed by atoms with Gasteiger partial charge >= 0.3 is 0 Å². The molecule has 0 saturated heterocycles. The number of hydrogen-bond acceptors (Lipinski definition) is 2. The molecular formula is C12H24O2Si. The van der Waals surface area contributed by atoms with Gasteiger partial charge in [0.15, 0.2) is 8.32 Å². The molecule has 0 amide bonds. The summed E-state index contributed by atoms with van der Waals surface area (Å²) in [6, 6.07) is 0. The average molecular weight is 228 g/mol. The lowest BCUT2D eigenvalue weighted by Crippen LogP contribution is -2.42. The zero-order valence-corrected chi connectivity index (χ0v) is 11.6. The summed E-state index contributed by atoms with van der Waals surface area (Å²) in [4.78, 5) is 0. The van der Waals surface area contributed by atoms with Gasteiger partial charge in [0, 0.05) is 12.5 Å². The van der Waals surface area contributed by atoms with Crippen LogP contribution >= 0.6 is 0 Å². The minimum atomic E-state index is -1.64. The SMILES string of the molecule is CC(C)(C)[Si](C)(C)OCC1CC=C[C@H]1O. The number of aliphatic hydroxyl groups excluding tert-OH is 1. The maximum absolute atomic E-state index is 9.64. The molecule has 0 radical (unpaired) electrons. The van der Waals surface area contributed by atoms with Crippen LogP contribution in [0.15, 0.2) is 12.2 Å². The molecule has 0 heterocycles. The van der Waals surface area contributed by atoms with E-state index in [1.165, 1.54) is 0 Å². The highest BCUT2D eigenvalue weighted by atomic mass is 28.4. The topological polar surface area (TPSA) is 29.5 Å². The van der Waals surface area contributed by atoms with Gasteiger partial charge < -0.3 is 9.53 Å². The smallest absolute Gasteiger partial charge is 0.191 e. The van der Waals surface area contributed by atoms with Crippen molar-refractivity contribution in [2.75, 3.05) is 6.61 Å². The van der Waals surface area contributed by atoms with E-state index in [1.54, 1.807) is 0 Å². The van der Waals surface area contributed by atoms with Crippen LogP contribution in [0.4, 0.5) is 0 Å². The summed E-state index contributed by atoms with van der Waals surface area (Å²) < 4.78 is 6.09. The van der Waals surface area contributed by atoms with Crippen molar-refractivity contribution in [3.8, 4) is 0 Å². The van der Waals surface area contributed by atoms with Crippen LogP contribution in [-0.4, -0.2) is 26.1 Å². The minimum absolute atomic E-state index is 0.254. The molecular weight excluding hydrogens is 204 g/mol. The third kappa shape index (κ3) is 3.16. The van der Waals surface area contributed by atoms with E-state index in [0.29, 0.717) is 6.61 Å². The Morgan fingerprint density at radius 3 is 2.40 bits per heavy atom. The molecule has 0 aromatic carbocycles. The summed E-state index contributed by atoms with van der Waals surface area (Å²) >= 11 is 0. The van der Waals surface area contributed by atoms with E-state index >= 15 is 0 Å². The normalized spacial score (nSPS) is 27.3. The molecule has 0 aliphatic heterocycles. The first-order chi connectivity index (χ1) is 6.74. The van der Waals surface area contributed by atoms with Gasteiger partial charge in [-0.05, 0) is 24.6 Å². The molecule has 2 nitrogen and oxygen atoms in total. The van der Waals surface area contributed by atoms with E-state index in [9.17, 15) is 5.11 Å². The van der Waals surface area contributed by atoms with Crippen molar-refractivity contribution in [2.45, 2.75) is 51.4 Å². The van der Waals surface area contributed by atoms with Crippen LogP contribution in [0.5, 0.6) is 0 Å². The third-order valence-corrected chi connectivity index (χ3v) is 8.22. The largest absolute Gasteiger partial charge is 0.416 e. The van der Waals surface area contributed by atoms with E-state index in [1.807, 2.05) is 12.2 Å². The average Bonchev–Trinajstić information content (AvgIpc) is 2.46. The van der Waals surface area contributed by atoms with Crippen LogP contribution in [0.25, 0.3) is 0 Å². The zero-order chi connectivity index (χ0) is 11.7. The molecule has 3 heteroatoms. The Bertz CT molecular complexity index is 240. The quantitative estimate of drug-likeness (QED) is 0.594. The first-order valence-electron chi connectivity index (χ1n) is 5.73. The molecule has 0 spiro atoms. The molecule has 15 heavy (non-hydrogen) atoms. The van der Waals surface area contributed by atoms with Gasteiger partial charge in [-0.3, -0.25) is 0 Å². The molecule has 1 unspecified atom stereocenters. The van der Waals surface area contributed by atoms with Crippen molar-refractivity contribution in [1.29, 1.82) is 0 Å². The van der Waals surface area contributed by atoms with Crippen molar-refractivity contribution < 1.29 is 9.53 Å². The molecule has 1 aliphatic rings. The summed E-state index contributed by atoms with van der Waals surface area (Å²) in [6.45, 7) is 11.9. The van der Waals surface area contributed by atoms with Crippen LogP contribution in [0.3, 0.4) is 0 Å². The van der Waals surface area contributed by atoms with Crippen LogP contribution < -0.4 is 0 Å². The number of aliphatic hydroxyl groups is 1. The summed E-state index contributed by atoms with van der Waals surface area (Å²) in [5, 5.41) is 9.89. The standard InChI is InChI=1S/C12H24O2Si/c1-12(2,3)15(4,5)14-9-10-7-6-8-11(10)13/h6,8,10-11,13H,7,9H2,1-5H3/t10?,11-/m1/s1. The predicted octanol–water partition coefficient (Wildman–Crippen LogP) is 2.95. The Kier molecular flexibility index (Phi) is 3.79. The predicted molar refractivity (Wildman–Crippen MR) is 66.4 cm³/mol. The van der Waals surface area contributed by atoms with Crippen LogP contribution in [-0.2, 0) is 4.43 Å². The molecule has 0 aromatic rings. The molecule has 0 saturated carbocycles. The van der Waals surface area contributed by atoms with E-state index in [0.717, 1.165) is 6.42 Å².